The van der Waals surface area contributed by atoms with Crippen LogP contribution in [0.3, 0.4) is 0 Å². The lowest BCUT2D eigenvalue weighted by molar-refractivity contribution is 0.0706. The van der Waals surface area contributed by atoms with E-state index >= 15 is 0 Å². The van der Waals surface area contributed by atoms with Gasteiger partial charge >= 0.3 is 0 Å². The Bertz CT molecular complexity index is 151. The first-order valence-electron chi connectivity index (χ1n) is 4.18. The van der Waals surface area contributed by atoms with Gasteiger partial charge in [0.2, 0.25) is 0 Å². The summed E-state index contributed by atoms with van der Waals surface area (Å²) in [5.41, 5.74) is 0. The maximum absolute atomic E-state index is 5.68. The minimum Gasteiger partial charge on any atom is -0.371 e. The number of hydrogen-bond acceptors (Lipinski definition) is 1. The molecular weight excluding hydrogens is 124 g/mol. The van der Waals surface area contributed by atoms with Crippen molar-refractivity contribution in [1.82, 2.24) is 0 Å². The van der Waals surface area contributed by atoms with Crippen LogP contribution in [0.15, 0.2) is 12.2 Å². The molecule has 0 saturated carbocycles. The highest BCUT2D eigenvalue weighted by Gasteiger charge is 2.31. The van der Waals surface area contributed by atoms with E-state index in [1.54, 1.807) is 0 Å². The summed E-state index contributed by atoms with van der Waals surface area (Å²) in [6, 6.07) is 0. The molecule has 1 fully saturated rings. The molecule has 2 aliphatic rings. The van der Waals surface area contributed by atoms with Crippen molar-refractivity contribution in [2.75, 3.05) is 0 Å². The summed E-state index contributed by atoms with van der Waals surface area (Å²) < 4.78 is 5.68. The van der Waals surface area contributed by atoms with E-state index in [1.807, 2.05) is 0 Å². The molecule has 56 valence electrons. The van der Waals surface area contributed by atoms with Crippen LogP contribution in [0.1, 0.15) is 26.2 Å². The van der Waals surface area contributed by atoms with Gasteiger partial charge in [-0.3, -0.25) is 0 Å². The van der Waals surface area contributed by atoms with Crippen molar-refractivity contribution in [3.05, 3.63) is 12.2 Å². The zero-order valence-corrected chi connectivity index (χ0v) is 6.42. The third kappa shape index (κ3) is 0.988. The lowest BCUT2D eigenvalue weighted by Gasteiger charge is -2.17. The minimum atomic E-state index is 0.462. The number of hydrogen-bond donors (Lipinski definition) is 0. The van der Waals surface area contributed by atoms with Crippen LogP contribution in [0.25, 0.3) is 0 Å². The molecule has 2 rings (SSSR count). The highest BCUT2D eigenvalue weighted by atomic mass is 16.5. The maximum atomic E-state index is 5.68. The molecule has 0 N–H and O–H groups in total. The molecule has 1 nitrogen and oxygen atoms in total. The van der Waals surface area contributed by atoms with Crippen molar-refractivity contribution in [3.63, 3.8) is 0 Å². The van der Waals surface area contributed by atoms with Gasteiger partial charge in [-0.15, -0.1) is 0 Å². The summed E-state index contributed by atoms with van der Waals surface area (Å²) in [5.74, 6) is 0.833. The molecule has 3 atom stereocenters. The number of ether oxygens (including phenoxy) is 1. The molecule has 10 heavy (non-hydrogen) atoms. The average molecular weight is 138 g/mol. The van der Waals surface area contributed by atoms with E-state index in [0.717, 1.165) is 5.92 Å². The van der Waals surface area contributed by atoms with Crippen molar-refractivity contribution < 1.29 is 4.74 Å². The van der Waals surface area contributed by atoms with Crippen LogP contribution in [0.2, 0.25) is 0 Å². The molecule has 0 spiro atoms. The summed E-state index contributed by atoms with van der Waals surface area (Å²) in [5, 5.41) is 0. The van der Waals surface area contributed by atoms with E-state index in [9.17, 15) is 0 Å². The molecule has 1 heteroatoms. The Balaban J connectivity index is 2.08. The van der Waals surface area contributed by atoms with Gasteiger partial charge in [0, 0.05) is 0 Å². The summed E-state index contributed by atoms with van der Waals surface area (Å²) in [4.78, 5) is 0. The molecule has 0 aromatic heterocycles. The highest BCUT2D eigenvalue weighted by Crippen LogP contribution is 2.33. The lowest BCUT2D eigenvalue weighted by Crippen LogP contribution is -2.15. The quantitative estimate of drug-likeness (QED) is 0.466. The van der Waals surface area contributed by atoms with E-state index in [1.165, 1.54) is 19.3 Å². The second kappa shape index (κ2) is 2.39. The van der Waals surface area contributed by atoms with Gasteiger partial charge in [-0.25, -0.2) is 0 Å². The van der Waals surface area contributed by atoms with Crippen molar-refractivity contribution >= 4 is 0 Å². The lowest BCUT2D eigenvalue weighted by atomic mass is 9.90. The van der Waals surface area contributed by atoms with Gasteiger partial charge < -0.3 is 4.74 Å². The van der Waals surface area contributed by atoms with Crippen LogP contribution >= 0.6 is 0 Å². The third-order valence-corrected chi connectivity index (χ3v) is 2.52. The van der Waals surface area contributed by atoms with Gasteiger partial charge in [-0.1, -0.05) is 12.2 Å². The van der Waals surface area contributed by atoms with E-state index in [4.69, 9.17) is 4.74 Å². The zero-order valence-electron chi connectivity index (χ0n) is 6.42. The predicted molar refractivity (Wildman–Crippen MR) is 40.8 cm³/mol. The molecule has 0 radical (unpaired) electrons. The van der Waals surface area contributed by atoms with Gasteiger partial charge in [0.15, 0.2) is 0 Å². The monoisotopic (exact) mass is 138 g/mol. The molecule has 1 aliphatic carbocycles. The Morgan fingerprint density at radius 2 is 2.40 bits per heavy atom. The Labute approximate surface area is 62.1 Å². The highest BCUT2D eigenvalue weighted by molar-refractivity contribution is 5.01. The largest absolute Gasteiger partial charge is 0.371 e. The Kier molecular flexibility index (Phi) is 1.53. The van der Waals surface area contributed by atoms with E-state index in [0.29, 0.717) is 12.2 Å². The first-order chi connectivity index (χ1) is 4.86. The summed E-state index contributed by atoms with van der Waals surface area (Å²) in [6.45, 7) is 2.17. The van der Waals surface area contributed by atoms with E-state index in [2.05, 4.69) is 19.1 Å². The smallest absolute Gasteiger partial charge is 0.0788 e. The predicted octanol–water partition coefficient (Wildman–Crippen LogP) is 2.13. The van der Waals surface area contributed by atoms with Gasteiger partial charge in [0.25, 0.3) is 0 Å². The standard InChI is InChI=1S/C9H14O/c1-7-6-8-4-2-3-5-9(8)10-7/h3,5,7-9H,2,4,6H2,1H3. The SMILES string of the molecule is CC1CC2CCC=CC2O1. The molecule has 0 amide bonds. The van der Waals surface area contributed by atoms with Crippen LogP contribution in [0, 0.1) is 5.92 Å². The molecule has 0 bridgehead atoms. The van der Waals surface area contributed by atoms with Crippen molar-refractivity contribution in [2.24, 2.45) is 5.92 Å². The van der Waals surface area contributed by atoms with Crippen LogP contribution in [-0.4, -0.2) is 12.2 Å². The van der Waals surface area contributed by atoms with Gasteiger partial charge in [0.1, 0.15) is 0 Å². The second-order valence-electron chi connectivity index (χ2n) is 3.41. The Morgan fingerprint density at radius 1 is 1.50 bits per heavy atom. The minimum absolute atomic E-state index is 0.462. The van der Waals surface area contributed by atoms with E-state index in [-0.39, 0.29) is 0 Å². The number of fused-ring (bicyclic) bond motifs is 1. The molecular formula is C9H14O. The molecule has 0 aromatic carbocycles. The fraction of sp³-hybridized carbons (Fsp3) is 0.778. The normalized spacial score (nSPS) is 45.5. The molecule has 0 aromatic rings. The van der Waals surface area contributed by atoms with Gasteiger partial charge in [-0.2, -0.15) is 0 Å². The zero-order chi connectivity index (χ0) is 6.97. The van der Waals surface area contributed by atoms with Crippen LogP contribution < -0.4 is 0 Å². The first kappa shape index (κ1) is 6.41. The van der Waals surface area contributed by atoms with Crippen LogP contribution in [0.4, 0.5) is 0 Å². The maximum Gasteiger partial charge on any atom is 0.0788 e. The van der Waals surface area contributed by atoms with E-state index < -0.39 is 0 Å². The second-order valence-corrected chi connectivity index (χ2v) is 3.41. The van der Waals surface area contributed by atoms with Crippen molar-refractivity contribution in [1.29, 1.82) is 0 Å². The fourth-order valence-electron chi connectivity index (χ4n) is 2.02. The van der Waals surface area contributed by atoms with Crippen molar-refractivity contribution in [2.45, 2.75) is 38.4 Å². The van der Waals surface area contributed by atoms with Crippen LogP contribution in [-0.2, 0) is 4.74 Å². The molecule has 1 saturated heterocycles. The van der Waals surface area contributed by atoms with Gasteiger partial charge in [-0.05, 0) is 32.1 Å². The van der Waals surface area contributed by atoms with Gasteiger partial charge in [0.05, 0.1) is 12.2 Å². The van der Waals surface area contributed by atoms with Crippen LogP contribution in [0.5, 0.6) is 0 Å². The number of allylic oxidation sites excluding steroid dienone is 1. The summed E-state index contributed by atoms with van der Waals surface area (Å²) in [7, 11) is 0. The molecule has 3 unspecified atom stereocenters. The first-order valence-corrected chi connectivity index (χ1v) is 4.18. The molecule has 1 aliphatic heterocycles. The summed E-state index contributed by atoms with van der Waals surface area (Å²) >= 11 is 0. The third-order valence-electron chi connectivity index (χ3n) is 2.52. The van der Waals surface area contributed by atoms with Crippen molar-refractivity contribution in [3.8, 4) is 0 Å². The topological polar surface area (TPSA) is 9.23 Å². The number of rotatable bonds is 0. The Morgan fingerprint density at radius 3 is 3.20 bits per heavy atom. The Hall–Kier alpha value is -0.300. The molecule has 1 heterocycles. The fourth-order valence-corrected chi connectivity index (χ4v) is 2.02. The summed E-state index contributed by atoms with van der Waals surface area (Å²) in [6.07, 6.45) is 9.32. The average Bonchev–Trinajstić information content (AvgIpc) is 2.27.